The average molecular weight is 304 g/mol. The predicted molar refractivity (Wildman–Crippen MR) is 73.3 cm³/mol. The van der Waals surface area contributed by atoms with Crippen LogP contribution in [0.5, 0.6) is 0 Å². The second-order valence-electron chi connectivity index (χ2n) is 3.85. The molecule has 1 aromatic heterocycles. The zero-order valence-corrected chi connectivity index (χ0v) is 11.9. The Morgan fingerprint density at radius 2 is 2.44 bits per heavy atom. The number of nitrogens with one attached hydrogen (secondary N) is 1. The molecule has 2 nitrogen and oxygen atoms in total. The topological polar surface area (TPSA) is 29.1 Å². The van der Waals surface area contributed by atoms with Gasteiger partial charge in [-0.05, 0) is 30.7 Å². The van der Waals surface area contributed by atoms with Crippen LogP contribution in [-0.2, 0) is 11.2 Å². The molecule has 1 aromatic rings. The van der Waals surface area contributed by atoms with E-state index in [0.717, 1.165) is 25.8 Å². The number of carbonyl (C=O) groups excluding carboxylic acids is 1. The lowest BCUT2D eigenvalue weighted by Gasteiger charge is -2.05. The average Bonchev–Trinajstić information content (AvgIpc) is 2.70. The van der Waals surface area contributed by atoms with Crippen molar-refractivity contribution in [2.45, 2.75) is 37.4 Å². The van der Waals surface area contributed by atoms with Gasteiger partial charge in [-0.25, -0.2) is 0 Å². The molecule has 4 heteroatoms. The maximum atomic E-state index is 11.4. The van der Waals surface area contributed by atoms with Gasteiger partial charge in [0.15, 0.2) is 0 Å². The number of hydrogen-bond acceptors (Lipinski definition) is 2. The molecule has 0 aliphatic heterocycles. The maximum absolute atomic E-state index is 11.4. The first-order valence-electron chi connectivity index (χ1n) is 5.61. The van der Waals surface area contributed by atoms with Gasteiger partial charge in [0.1, 0.15) is 0 Å². The van der Waals surface area contributed by atoms with Crippen LogP contribution in [0.25, 0.3) is 0 Å². The van der Waals surface area contributed by atoms with Gasteiger partial charge in [-0.2, -0.15) is 0 Å². The third-order valence-electron chi connectivity index (χ3n) is 2.27. The van der Waals surface area contributed by atoms with Crippen LogP contribution in [0.1, 0.15) is 31.1 Å². The summed E-state index contributed by atoms with van der Waals surface area (Å²) >= 11 is 5.21. The summed E-state index contributed by atoms with van der Waals surface area (Å²) in [7, 11) is 0. The van der Waals surface area contributed by atoms with Crippen molar-refractivity contribution in [3.63, 3.8) is 0 Å². The van der Waals surface area contributed by atoms with Gasteiger partial charge in [0.25, 0.3) is 0 Å². The molecule has 16 heavy (non-hydrogen) atoms. The molecule has 1 atom stereocenters. The lowest BCUT2D eigenvalue weighted by molar-refractivity contribution is -0.121. The predicted octanol–water partition coefficient (Wildman–Crippen LogP) is 3.36. The Morgan fingerprint density at radius 3 is 3.06 bits per heavy atom. The summed E-state index contributed by atoms with van der Waals surface area (Å²) < 4.78 is 0. The number of thiophene rings is 1. The molecule has 1 unspecified atom stereocenters. The molecule has 1 rings (SSSR count). The van der Waals surface area contributed by atoms with E-state index < -0.39 is 0 Å². The third kappa shape index (κ3) is 6.28. The minimum absolute atomic E-state index is 0.171. The third-order valence-corrected chi connectivity index (χ3v) is 3.67. The van der Waals surface area contributed by atoms with E-state index >= 15 is 0 Å². The van der Waals surface area contributed by atoms with Crippen LogP contribution in [0.15, 0.2) is 17.5 Å². The molecule has 0 bridgehead atoms. The molecule has 0 spiro atoms. The zero-order valence-electron chi connectivity index (χ0n) is 9.54. The number of halogens is 1. The van der Waals surface area contributed by atoms with E-state index in [0.29, 0.717) is 11.2 Å². The minimum atomic E-state index is 0.171. The first-order valence-corrected chi connectivity index (χ1v) is 7.41. The summed E-state index contributed by atoms with van der Waals surface area (Å²) in [5.74, 6) is 0.171. The normalized spacial score (nSPS) is 12.4. The highest BCUT2D eigenvalue weighted by molar-refractivity contribution is 9.09. The molecule has 0 aromatic carbocycles. The van der Waals surface area contributed by atoms with E-state index in [4.69, 9.17) is 0 Å². The molecule has 1 amide bonds. The van der Waals surface area contributed by atoms with Gasteiger partial charge in [-0.15, -0.1) is 11.3 Å². The van der Waals surface area contributed by atoms with Crippen LogP contribution in [0, 0.1) is 0 Å². The van der Waals surface area contributed by atoms with Gasteiger partial charge in [-0.1, -0.05) is 28.9 Å². The second kappa shape index (κ2) is 7.85. The monoisotopic (exact) mass is 303 g/mol. The van der Waals surface area contributed by atoms with Crippen molar-refractivity contribution in [2.75, 3.05) is 6.54 Å². The number of amides is 1. The van der Waals surface area contributed by atoms with Crippen LogP contribution in [0.3, 0.4) is 0 Å². The smallest absolute Gasteiger partial charge is 0.220 e. The SMILES string of the molecule is CC(Br)CCNC(=O)CCCc1cccs1. The van der Waals surface area contributed by atoms with E-state index in [1.54, 1.807) is 11.3 Å². The highest BCUT2D eigenvalue weighted by Crippen LogP contribution is 2.11. The van der Waals surface area contributed by atoms with Crippen LogP contribution in [0.4, 0.5) is 0 Å². The Bertz CT molecular complexity index is 298. The van der Waals surface area contributed by atoms with Crippen molar-refractivity contribution in [1.82, 2.24) is 5.32 Å². The van der Waals surface area contributed by atoms with Crippen molar-refractivity contribution in [2.24, 2.45) is 0 Å². The van der Waals surface area contributed by atoms with Gasteiger partial charge < -0.3 is 5.32 Å². The Hall–Kier alpha value is -0.350. The highest BCUT2D eigenvalue weighted by atomic mass is 79.9. The Balaban J connectivity index is 2.02. The number of carbonyl (C=O) groups is 1. The van der Waals surface area contributed by atoms with E-state index in [2.05, 4.69) is 45.7 Å². The van der Waals surface area contributed by atoms with Crippen molar-refractivity contribution in [3.8, 4) is 0 Å². The van der Waals surface area contributed by atoms with E-state index in [1.807, 2.05) is 0 Å². The first-order chi connectivity index (χ1) is 7.68. The van der Waals surface area contributed by atoms with Crippen LogP contribution in [0.2, 0.25) is 0 Å². The van der Waals surface area contributed by atoms with Crippen molar-refractivity contribution < 1.29 is 4.79 Å². The molecule has 0 aliphatic rings. The lowest BCUT2D eigenvalue weighted by Crippen LogP contribution is -2.25. The molecular formula is C12H18BrNOS. The van der Waals surface area contributed by atoms with E-state index in [9.17, 15) is 4.79 Å². The summed E-state index contributed by atoms with van der Waals surface area (Å²) in [6.45, 7) is 2.85. The standard InChI is InChI=1S/C12H18BrNOS/c1-10(13)7-8-14-12(15)6-2-4-11-5-3-9-16-11/h3,5,9-10H,2,4,6-8H2,1H3,(H,14,15). The van der Waals surface area contributed by atoms with Gasteiger partial charge in [0.2, 0.25) is 5.91 Å². The van der Waals surface area contributed by atoms with E-state index in [1.165, 1.54) is 4.88 Å². The van der Waals surface area contributed by atoms with Crippen molar-refractivity contribution in [3.05, 3.63) is 22.4 Å². The fraction of sp³-hybridized carbons (Fsp3) is 0.583. The molecule has 1 N–H and O–H groups in total. The second-order valence-corrected chi connectivity index (χ2v) is 6.45. The van der Waals surface area contributed by atoms with Crippen molar-refractivity contribution in [1.29, 1.82) is 0 Å². The number of aryl methyl sites for hydroxylation is 1. The Morgan fingerprint density at radius 1 is 1.62 bits per heavy atom. The van der Waals surface area contributed by atoms with Gasteiger partial charge in [0, 0.05) is 22.7 Å². The summed E-state index contributed by atoms with van der Waals surface area (Å²) in [6.07, 6.45) is 3.57. The molecule has 1 heterocycles. The highest BCUT2D eigenvalue weighted by Gasteiger charge is 2.02. The largest absolute Gasteiger partial charge is 0.356 e. The van der Waals surface area contributed by atoms with Gasteiger partial charge in [-0.3, -0.25) is 4.79 Å². The Labute approximate surface area is 110 Å². The fourth-order valence-electron chi connectivity index (χ4n) is 1.38. The van der Waals surface area contributed by atoms with E-state index in [-0.39, 0.29) is 5.91 Å². The van der Waals surface area contributed by atoms with Crippen LogP contribution >= 0.6 is 27.3 Å². The summed E-state index contributed by atoms with van der Waals surface area (Å²) in [4.78, 5) is 13.3. The number of hydrogen-bond donors (Lipinski definition) is 1. The molecule has 0 radical (unpaired) electrons. The molecule has 90 valence electrons. The molecule has 0 saturated carbocycles. The lowest BCUT2D eigenvalue weighted by atomic mass is 10.2. The number of rotatable bonds is 7. The first kappa shape index (κ1) is 13.7. The van der Waals surface area contributed by atoms with Crippen molar-refractivity contribution >= 4 is 33.2 Å². The van der Waals surface area contributed by atoms with Crippen LogP contribution in [-0.4, -0.2) is 17.3 Å². The fourth-order valence-corrected chi connectivity index (χ4v) is 2.36. The van der Waals surface area contributed by atoms with Gasteiger partial charge >= 0.3 is 0 Å². The van der Waals surface area contributed by atoms with Crippen LogP contribution < -0.4 is 5.32 Å². The number of alkyl halides is 1. The molecule has 0 saturated heterocycles. The molecule has 0 fully saturated rings. The summed E-state index contributed by atoms with van der Waals surface area (Å²) in [6, 6.07) is 4.17. The summed E-state index contributed by atoms with van der Waals surface area (Å²) in [5, 5.41) is 5.00. The zero-order chi connectivity index (χ0) is 11.8. The molecular weight excluding hydrogens is 286 g/mol. The summed E-state index contributed by atoms with van der Waals surface area (Å²) in [5.41, 5.74) is 0. The molecule has 0 aliphatic carbocycles. The van der Waals surface area contributed by atoms with Gasteiger partial charge in [0.05, 0.1) is 0 Å². The quantitative estimate of drug-likeness (QED) is 0.769. The Kier molecular flexibility index (Phi) is 6.73. The minimum Gasteiger partial charge on any atom is -0.356 e. The maximum Gasteiger partial charge on any atom is 0.220 e.